The lowest BCUT2D eigenvalue weighted by Gasteiger charge is -2.00. The number of aromatic nitrogens is 4. The molecule has 0 radical (unpaired) electrons. The molecular formula is C9H9F3N4O. The van der Waals surface area contributed by atoms with E-state index in [0.29, 0.717) is 12.2 Å². The first kappa shape index (κ1) is 11.6. The average Bonchev–Trinajstić information content (AvgIpc) is 2.86. The maximum atomic E-state index is 12.3. The summed E-state index contributed by atoms with van der Waals surface area (Å²) in [6, 6.07) is 0.900. The SMILES string of the molecule is CCc1noc(Cn2ccc(C(F)(F)F)n2)n1. The topological polar surface area (TPSA) is 56.7 Å². The molecule has 5 nitrogen and oxygen atoms in total. The van der Waals surface area contributed by atoms with Crippen LogP contribution in [0.1, 0.15) is 24.3 Å². The highest BCUT2D eigenvalue weighted by molar-refractivity contribution is 5.03. The van der Waals surface area contributed by atoms with E-state index in [1.165, 1.54) is 6.20 Å². The Morgan fingerprint density at radius 2 is 2.18 bits per heavy atom. The number of rotatable bonds is 3. The molecule has 0 aromatic carbocycles. The van der Waals surface area contributed by atoms with Gasteiger partial charge in [0.25, 0.3) is 0 Å². The summed E-state index contributed by atoms with van der Waals surface area (Å²) in [5.74, 6) is 0.752. The van der Waals surface area contributed by atoms with Crippen LogP contribution in [0.2, 0.25) is 0 Å². The summed E-state index contributed by atoms with van der Waals surface area (Å²) < 4.78 is 42.8. The van der Waals surface area contributed by atoms with E-state index in [9.17, 15) is 13.2 Å². The lowest BCUT2D eigenvalue weighted by atomic mass is 10.4. The first-order valence-corrected chi connectivity index (χ1v) is 4.91. The third-order valence-electron chi connectivity index (χ3n) is 2.05. The molecule has 0 atom stereocenters. The van der Waals surface area contributed by atoms with Gasteiger partial charge in [-0.05, 0) is 6.07 Å². The van der Waals surface area contributed by atoms with Crippen LogP contribution in [0.15, 0.2) is 16.8 Å². The van der Waals surface area contributed by atoms with Crippen molar-refractivity contribution in [3.05, 3.63) is 29.7 Å². The fraction of sp³-hybridized carbons (Fsp3) is 0.444. The molecule has 17 heavy (non-hydrogen) atoms. The van der Waals surface area contributed by atoms with Gasteiger partial charge < -0.3 is 4.52 Å². The van der Waals surface area contributed by atoms with Gasteiger partial charge in [-0.1, -0.05) is 12.1 Å². The molecule has 92 valence electrons. The summed E-state index contributed by atoms with van der Waals surface area (Å²) in [7, 11) is 0. The lowest BCUT2D eigenvalue weighted by Crippen LogP contribution is -2.08. The van der Waals surface area contributed by atoms with Crippen molar-refractivity contribution < 1.29 is 17.7 Å². The molecule has 0 fully saturated rings. The van der Waals surface area contributed by atoms with E-state index in [-0.39, 0.29) is 12.4 Å². The minimum Gasteiger partial charge on any atom is -0.337 e. The summed E-state index contributed by atoms with van der Waals surface area (Å²) in [5.41, 5.74) is -0.937. The molecule has 0 aliphatic heterocycles. The zero-order chi connectivity index (χ0) is 12.5. The van der Waals surface area contributed by atoms with Gasteiger partial charge in [0.05, 0.1) is 0 Å². The maximum Gasteiger partial charge on any atom is 0.435 e. The van der Waals surface area contributed by atoms with E-state index in [1.807, 2.05) is 6.92 Å². The molecule has 0 amide bonds. The second kappa shape index (κ2) is 4.19. The van der Waals surface area contributed by atoms with Crippen molar-refractivity contribution in [1.29, 1.82) is 0 Å². The molecule has 0 bridgehead atoms. The zero-order valence-electron chi connectivity index (χ0n) is 8.90. The minimum atomic E-state index is -4.44. The van der Waals surface area contributed by atoms with E-state index >= 15 is 0 Å². The molecule has 0 saturated heterocycles. The van der Waals surface area contributed by atoms with Crippen LogP contribution >= 0.6 is 0 Å². The maximum absolute atomic E-state index is 12.3. The van der Waals surface area contributed by atoms with Gasteiger partial charge >= 0.3 is 6.18 Å². The number of alkyl halides is 3. The fourth-order valence-corrected chi connectivity index (χ4v) is 1.24. The van der Waals surface area contributed by atoms with Crippen molar-refractivity contribution in [2.75, 3.05) is 0 Å². The molecule has 0 spiro atoms. The predicted octanol–water partition coefficient (Wildman–Crippen LogP) is 1.90. The molecule has 0 aliphatic rings. The van der Waals surface area contributed by atoms with Gasteiger partial charge in [-0.2, -0.15) is 23.3 Å². The van der Waals surface area contributed by atoms with E-state index in [4.69, 9.17) is 4.52 Å². The van der Waals surface area contributed by atoms with Crippen LogP contribution in [0, 0.1) is 0 Å². The lowest BCUT2D eigenvalue weighted by molar-refractivity contribution is -0.141. The molecule has 2 aromatic heterocycles. The van der Waals surface area contributed by atoms with Gasteiger partial charge in [-0.25, -0.2) is 0 Å². The van der Waals surface area contributed by atoms with E-state index in [2.05, 4.69) is 15.2 Å². The van der Waals surface area contributed by atoms with Gasteiger partial charge in [0.1, 0.15) is 6.54 Å². The second-order valence-corrected chi connectivity index (χ2v) is 3.35. The Bertz CT molecular complexity index is 502. The fourth-order valence-electron chi connectivity index (χ4n) is 1.24. The Morgan fingerprint density at radius 1 is 1.41 bits per heavy atom. The molecule has 0 N–H and O–H groups in total. The molecule has 0 saturated carbocycles. The van der Waals surface area contributed by atoms with E-state index in [0.717, 1.165) is 10.7 Å². The smallest absolute Gasteiger partial charge is 0.337 e. The summed E-state index contributed by atoms with van der Waals surface area (Å²) in [5, 5.41) is 7.01. The Kier molecular flexibility index (Phi) is 2.86. The minimum absolute atomic E-state index is 0.0308. The quantitative estimate of drug-likeness (QED) is 0.829. The van der Waals surface area contributed by atoms with Crippen molar-refractivity contribution in [2.45, 2.75) is 26.1 Å². The van der Waals surface area contributed by atoms with Crippen LogP contribution in [0.5, 0.6) is 0 Å². The summed E-state index contributed by atoms with van der Waals surface area (Å²) in [4.78, 5) is 3.98. The van der Waals surface area contributed by atoms with Gasteiger partial charge in [0.15, 0.2) is 11.5 Å². The van der Waals surface area contributed by atoms with Crippen molar-refractivity contribution in [1.82, 2.24) is 19.9 Å². The number of halogens is 3. The Morgan fingerprint density at radius 3 is 2.71 bits per heavy atom. The number of nitrogens with zero attached hydrogens (tertiary/aromatic N) is 4. The van der Waals surface area contributed by atoms with Gasteiger partial charge in [0.2, 0.25) is 5.89 Å². The Labute approximate surface area is 94.2 Å². The highest BCUT2D eigenvalue weighted by Crippen LogP contribution is 2.27. The summed E-state index contributed by atoms with van der Waals surface area (Å²) >= 11 is 0. The van der Waals surface area contributed by atoms with Crippen molar-refractivity contribution in [2.24, 2.45) is 0 Å². The Hall–Kier alpha value is -1.86. The van der Waals surface area contributed by atoms with Gasteiger partial charge in [-0.3, -0.25) is 4.68 Å². The van der Waals surface area contributed by atoms with Crippen LogP contribution in [0.3, 0.4) is 0 Å². The molecule has 0 aliphatic carbocycles. The first-order valence-electron chi connectivity index (χ1n) is 4.91. The molecular weight excluding hydrogens is 237 g/mol. The van der Waals surface area contributed by atoms with E-state index in [1.54, 1.807) is 0 Å². The Balaban J connectivity index is 2.11. The van der Waals surface area contributed by atoms with Crippen LogP contribution in [-0.2, 0) is 19.1 Å². The standard InChI is InChI=1S/C9H9F3N4O/c1-2-7-13-8(17-15-7)5-16-4-3-6(14-16)9(10,11)12/h3-4H,2,5H2,1H3. The number of hydrogen-bond acceptors (Lipinski definition) is 4. The van der Waals surface area contributed by atoms with Gasteiger partial charge in [0, 0.05) is 12.6 Å². The highest BCUT2D eigenvalue weighted by Gasteiger charge is 2.33. The molecule has 2 heterocycles. The largest absolute Gasteiger partial charge is 0.435 e. The molecule has 2 aromatic rings. The zero-order valence-corrected chi connectivity index (χ0v) is 8.90. The van der Waals surface area contributed by atoms with Crippen molar-refractivity contribution in [3.8, 4) is 0 Å². The van der Waals surface area contributed by atoms with Crippen LogP contribution in [-0.4, -0.2) is 19.9 Å². The second-order valence-electron chi connectivity index (χ2n) is 3.35. The van der Waals surface area contributed by atoms with Crippen molar-refractivity contribution >= 4 is 0 Å². The van der Waals surface area contributed by atoms with Crippen molar-refractivity contribution in [3.63, 3.8) is 0 Å². The number of hydrogen-bond donors (Lipinski definition) is 0. The van der Waals surface area contributed by atoms with Gasteiger partial charge in [-0.15, -0.1) is 0 Å². The summed E-state index contributed by atoms with van der Waals surface area (Å²) in [6.45, 7) is 1.88. The normalized spacial score (nSPS) is 12.0. The van der Waals surface area contributed by atoms with Crippen LogP contribution in [0.4, 0.5) is 13.2 Å². The molecule has 8 heteroatoms. The number of aryl methyl sites for hydroxylation is 1. The third kappa shape index (κ3) is 2.63. The molecule has 0 unspecified atom stereocenters. The van der Waals surface area contributed by atoms with E-state index < -0.39 is 11.9 Å². The average molecular weight is 246 g/mol. The first-order chi connectivity index (χ1) is 7.99. The predicted molar refractivity (Wildman–Crippen MR) is 50.0 cm³/mol. The summed E-state index contributed by atoms with van der Waals surface area (Å²) in [6.07, 6.45) is -2.61. The third-order valence-corrected chi connectivity index (χ3v) is 2.05. The molecule has 2 rings (SSSR count). The van der Waals surface area contributed by atoms with Crippen LogP contribution < -0.4 is 0 Å². The monoisotopic (exact) mass is 246 g/mol. The van der Waals surface area contributed by atoms with Crippen LogP contribution in [0.25, 0.3) is 0 Å². The highest BCUT2D eigenvalue weighted by atomic mass is 19.4.